The summed E-state index contributed by atoms with van der Waals surface area (Å²) in [5.41, 5.74) is -0.207. The molecule has 0 unspecified atom stereocenters. The largest absolute Gasteiger partial charge is 0.476 e. The smallest absolute Gasteiger partial charge is 0.358 e. The molecule has 2 rings (SSSR count). The maximum Gasteiger partial charge on any atom is 0.358 e. The van der Waals surface area contributed by atoms with Crippen LogP contribution < -0.4 is 5.32 Å². The molecule has 2 aromatic heterocycles. The predicted molar refractivity (Wildman–Crippen MR) is 59.8 cm³/mol. The third-order valence-corrected chi connectivity index (χ3v) is 2.31. The lowest BCUT2D eigenvalue weighted by Crippen LogP contribution is -2.28. The molecular weight excluding hydrogens is 254 g/mol. The maximum absolute atomic E-state index is 11.6. The molecule has 10 nitrogen and oxygen atoms in total. The van der Waals surface area contributed by atoms with Gasteiger partial charge in [0.15, 0.2) is 11.5 Å². The highest BCUT2D eigenvalue weighted by molar-refractivity contribution is 5.84. The molecule has 0 aromatic carbocycles. The van der Waals surface area contributed by atoms with Gasteiger partial charge in [0, 0.05) is 7.05 Å². The molecule has 0 aliphatic heterocycles. The lowest BCUT2D eigenvalue weighted by atomic mass is 10.5. The summed E-state index contributed by atoms with van der Waals surface area (Å²) in [6.45, 7) is 0.119. The highest BCUT2D eigenvalue weighted by Gasteiger charge is 2.11. The predicted octanol–water partition coefficient (Wildman–Crippen LogP) is -1.58. The lowest BCUT2D eigenvalue weighted by molar-refractivity contribution is -0.122. The van der Waals surface area contributed by atoms with Crippen molar-refractivity contribution in [1.29, 1.82) is 0 Å². The van der Waals surface area contributed by atoms with E-state index in [4.69, 9.17) is 5.11 Å². The summed E-state index contributed by atoms with van der Waals surface area (Å²) in [6.07, 6.45) is 2.71. The first-order valence-electron chi connectivity index (χ1n) is 5.29. The van der Waals surface area contributed by atoms with E-state index >= 15 is 0 Å². The minimum atomic E-state index is -1.19. The van der Waals surface area contributed by atoms with Gasteiger partial charge in [-0.15, -0.1) is 15.3 Å². The minimum absolute atomic E-state index is 0.113. The number of rotatable bonds is 5. The number of nitrogens with zero attached hydrogens (tertiary/aromatic N) is 6. The Hall–Kier alpha value is -2.78. The fourth-order valence-corrected chi connectivity index (χ4v) is 1.32. The van der Waals surface area contributed by atoms with E-state index in [0.29, 0.717) is 5.82 Å². The Bertz CT molecular complexity index is 602. The average Bonchev–Trinajstić information content (AvgIpc) is 2.96. The van der Waals surface area contributed by atoms with Crippen molar-refractivity contribution in [3.8, 4) is 0 Å². The first kappa shape index (κ1) is 12.7. The van der Waals surface area contributed by atoms with Gasteiger partial charge in [0.2, 0.25) is 5.91 Å². The van der Waals surface area contributed by atoms with Crippen LogP contribution in [-0.4, -0.2) is 46.7 Å². The van der Waals surface area contributed by atoms with Crippen molar-refractivity contribution in [2.45, 2.75) is 13.1 Å². The van der Waals surface area contributed by atoms with Crippen molar-refractivity contribution in [2.75, 3.05) is 0 Å². The van der Waals surface area contributed by atoms with Crippen LogP contribution in [0.2, 0.25) is 0 Å². The van der Waals surface area contributed by atoms with E-state index in [0.717, 1.165) is 4.68 Å². The van der Waals surface area contributed by atoms with Crippen LogP contribution in [0.3, 0.4) is 0 Å². The molecule has 19 heavy (non-hydrogen) atoms. The molecule has 0 saturated heterocycles. The molecule has 0 spiro atoms. The second kappa shape index (κ2) is 5.25. The molecule has 100 valence electrons. The summed E-state index contributed by atoms with van der Waals surface area (Å²) < 4.78 is 2.83. The SMILES string of the molecule is Cn1cnnc1CNC(=O)Cn1cc(C(=O)O)nn1. The standard InChI is InChI=1S/C9H11N7O3/c1-15-5-11-13-7(15)2-10-8(17)4-16-3-6(9(18)19)12-14-16/h3,5H,2,4H2,1H3,(H,10,17)(H,18,19). The summed E-state index contributed by atoms with van der Waals surface area (Å²) in [7, 11) is 1.76. The molecule has 0 saturated carbocycles. The zero-order chi connectivity index (χ0) is 13.8. The van der Waals surface area contributed by atoms with Crippen LogP contribution in [0.1, 0.15) is 16.3 Å². The lowest BCUT2D eigenvalue weighted by Gasteiger charge is -2.04. The topological polar surface area (TPSA) is 128 Å². The number of hydrogen-bond donors (Lipinski definition) is 2. The Kier molecular flexibility index (Phi) is 3.50. The van der Waals surface area contributed by atoms with Gasteiger partial charge in [-0.2, -0.15) is 0 Å². The second-order valence-electron chi connectivity index (χ2n) is 3.74. The first-order valence-corrected chi connectivity index (χ1v) is 5.29. The van der Waals surface area contributed by atoms with Crippen molar-refractivity contribution >= 4 is 11.9 Å². The van der Waals surface area contributed by atoms with Gasteiger partial charge in [-0.25, -0.2) is 9.48 Å². The Balaban J connectivity index is 1.87. The number of aromatic carboxylic acids is 1. The fraction of sp³-hybridized carbons (Fsp3) is 0.333. The van der Waals surface area contributed by atoms with E-state index in [1.165, 1.54) is 12.5 Å². The van der Waals surface area contributed by atoms with E-state index in [9.17, 15) is 9.59 Å². The van der Waals surface area contributed by atoms with E-state index in [1.807, 2.05) is 0 Å². The summed E-state index contributed by atoms with van der Waals surface area (Å²) in [4.78, 5) is 22.2. The number of carboxylic acid groups (broad SMARTS) is 1. The second-order valence-corrected chi connectivity index (χ2v) is 3.74. The van der Waals surface area contributed by atoms with E-state index in [-0.39, 0.29) is 24.7 Å². The number of aromatic nitrogens is 6. The molecule has 0 atom stereocenters. The van der Waals surface area contributed by atoms with Gasteiger partial charge in [-0.05, 0) is 0 Å². The Morgan fingerprint density at radius 1 is 1.42 bits per heavy atom. The molecule has 2 heterocycles. The van der Waals surface area contributed by atoms with Crippen LogP contribution >= 0.6 is 0 Å². The van der Waals surface area contributed by atoms with Crippen molar-refractivity contribution in [3.63, 3.8) is 0 Å². The highest BCUT2D eigenvalue weighted by atomic mass is 16.4. The normalized spacial score (nSPS) is 10.4. The maximum atomic E-state index is 11.6. The third kappa shape index (κ3) is 3.12. The number of hydrogen-bond acceptors (Lipinski definition) is 6. The van der Waals surface area contributed by atoms with E-state index in [1.54, 1.807) is 11.6 Å². The first-order chi connectivity index (χ1) is 9.06. The van der Waals surface area contributed by atoms with E-state index in [2.05, 4.69) is 25.8 Å². The van der Waals surface area contributed by atoms with Gasteiger partial charge >= 0.3 is 5.97 Å². The highest BCUT2D eigenvalue weighted by Crippen LogP contribution is 1.94. The van der Waals surface area contributed by atoms with Crippen molar-refractivity contribution < 1.29 is 14.7 Å². The van der Waals surface area contributed by atoms with Gasteiger partial charge < -0.3 is 15.0 Å². The van der Waals surface area contributed by atoms with Gasteiger partial charge in [0.1, 0.15) is 12.9 Å². The Labute approximate surface area is 107 Å². The summed E-state index contributed by atoms with van der Waals surface area (Å²) in [5, 5.41) is 25.7. The number of amides is 1. The molecule has 0 radical (unpaired) electrons. The van der Waals surface area contributed by atoms with Crippen LogP contribution in [0, 0.1) is 0 Å². The van der Waals surface area contributed by atoms with E-state index < -0.39 is 5.97 Å². The summed E-state index contributed by atoms with van der Waals surface area (Å²) in [6, 6.07) is 0. The minimum Gasteiger partial charge on any atom is -0.476 e. The van der Waals surface area contributed by atoms with Crippen LogP contribution in [-0.2, 0) is 24.9 Å². The average molecular weight is 265 g/mol. The summed E-state index contributed by atoms with van der Waals surface area (Å²) >= 11 is 0. The summed E-state index contributed by atoms with van der Waals surface area (Å²) in [5.74, 6) is -0.909. The van der Waals surface area contributed by atoms with Gasteiger partial charge in [-0.3, -0.25) is 4.79 Å². The molecule has 0 aliphatic carbocycles. The molecule has 2 aromatic rings. The van der Waals surface area contributed by atoms with Crippen molar-refractivity contribution in [1.82, 2.24) is 35.1 Å². The van der Waals surface area contributed by atoms with Crippen molar-refractivity contribution in [3.05, 3.63) is 24.0 Å². The molecule has 0 bridgehead atoms. The Morgan fingerprint density at radius 2 is 2.21 bits per heavy atom. The third-order valence-electron chi connectivity index (χ3n) is 2.31. The fourth-order valence-electron chi connectivity index (χ4n) is 1.32. The van der Waals surface area contributed by atoms with Crippen LogP contribution in [0.25, 0.3) is 0 Å². The van der Waals surface area contributed by atoms with Crippen LogP contribution in [0.15, 0.2) is 12.5 Å². The number of aryl methyl sites for hydroxylation is 1. The van der Waals surface area contributed by atoms with Gasteiger partial charge in [0.05, 0.1) is 12.7 Å². The molecule has 10 heteroatoms. The Morgan fingerprint density at radius 3 is 2.79 bits per heavy atom. The zero-order valence-corrected chi connectivity index (χ0v) is 10.0. The van der Waals surface area contributed by atoms with Crippen LogP contribution in [0.5, 0.6) is 0 Å². The number of carbonyl (C=O) groups is 2. The quantitative estimate of drug-likeness (QED) is 0.667. The molecule has 0 fully saturated rings. The zero-order valence-electron chi connectivity index (χ0n) is 10.0. The van der Waals surface area contributed by atoms with Gasteiger partial charge in [-0.1, -0.05) is 5.21 Å². The van der Waals surface area contributed by atoms with Gasteiger partial charge in [0.25, 0.3) is 0 Å². The monoisotopic (exact) mass is 265 g/mol. The number of carbonyl (C=O) groups excluding carboxylic acids is 1. The number of carboxylic acids is 1. The van der Waals surface area contributed by atoms with Crippen LogP contribution in [0.4, 0.5) is 0 Å². The number of nitrogens with one attached hydrogen (secondary N) is 1. The van der Waals surface area contributed by atoms with Crippen molar-refractivity contribution in [2.24, 2.45) is 7.05 Å². The molecule has 2 N–H and O–H groups in total. The molecular formula is C9H11N7O3. The molecule has 1 amide bonds. The molecule has 0 aliphatic rings.